The molecule has 1 atom stereocenters. The summed E-state index contributed by atoms with van der Waals surface area (Å²) in [4.78, 5) is 0. The topological polar surface area (TPSA) is 38.7 Å². The monoisotopic (exact) mass is 278 g/mol. The molecule has 1 aromatic carbocycles. The first-order valence-electron chi connectivity index (χ1n) is 7.67. The summed E-state index contributed by atoms with van der Waals surface area (Å²) in [6, 6.07) is 7.89. The predicted molar refractivity (Wildman–Crippen MR) is 79.8 cm³/mol. The molecule has 0 amide bonds. The molecule has 0 unspecified atom stereocenters. The summed E-state index contributed by atoms with van der Waals surface area (Å²) in [5.41, 5.74) is 1.12. The molecule has 0 aromatic heterocycles. The smallest absolute Gasteiger partial charge is 0.118 e. The van der Waals surface area contributed by atoms with Crippen molar-refractivity contribution in [3.63, 3.8) is 0 Å². The van der Waals surface area contributed by atoms with Gasteiger partial charge in [-0.05, 0) is 30.0 Å². The molecule has 0 aliphatic heterocycles. The van der Waals surface area contributed by atoms with Gasteiger partial charge in [-0.2, -0.15) is 0 Å². The van der Waals surface area contributed by atoms with Gasteiger partial charge in [-0.25, -0.2) is 0 Å². The van der Waals surface area contributed by atoms with Crippen molar-refractivity contribution in [2.75, 3.05) is 13.7 Å². The molecule has 0 bridgehead atoms. The van der Waals surface area contributed by atoms with E-state index < -0.39 is 0 Å². The first-order valence-corrected chi connectivity index (χ1v) is 7.67. The molecule has 2 rings (SSSR count). The van der Waals surface area contributed by atoms with Gasteiger partial charge in [-0.1, -0.05) is 44.2 Å². The zero-order valence-corrected chi connectivity index (χ0v) is 12.4. The summed E-state index contributed by atoms with van der Waals surface area (Å²) in [7, 11) is 1.66. The summed E-state index contributed by atoms with van der Waals surface area (Å²) >= 11 is 0. The van der Waals surface area contributed by atoms with E-state index >= 15 is 0 Å². The van der Waals surface area contributed by atoms with Gasteiger partial charge in [0.15, 0.2) is 0 Å². The fraction of sp³-hybridized carbons (Fsp3) is 0.647. The summed E-state index contributed by atoms with van der Waals surface area (Å²) in [6.45, 7) is 0.675. The van der Waals surface area contributed by atoms with Gasteiger partial charge in [0, 0.05) is 0 Å². The highest BCUT2D eigenvalue weighted by Crippen LogP contribution is 2.28. The number of hydrogen-bond donors (Lipinski definition) is 1. The second kappa shape index (κ2) is 8.28. The van der Waals surface area contributed by atoms with Crippen LogP contribution in [0.5, 0.6) is 5.75 Å². The molecule has 0 spiro atoms. The van der Waals surface area contributed by atoms with Crippen LogP contribution in [-0.2, 0) is 11.3 Å². The fourth-order valence-electron chi connectivity index (χ4n) is 2.93. The Morgan fingerprint density at radius 3 is 2.45 bits per heavy atom. The van der Waals surface area contributed by atoms with Gasteiger partial charge in [0.25, 0.3) is 0 Å². The highest BCUT2D eigenvalue weighted by Gasteiger charge is 2.19. The Morgan fingerprint density at radius 1 is 1.15 bits per heavy atom. The molecule has 1 N–H and O–H groups in total. The molecule has 0 radical (unpaired) electrons. The Morgan fingerprint density at radius 2 is 1.85 bits per heavy atom. The van der Waals surface area contributed by atoms with Crippen molar-refractivity contribution < 1.29 is 14.6 Å². The Labute approximate surface area is 121 Å². The van der Waals surface area contributed by atoms with E-state index in [2.05, 4.69) is 0 Å². The average molecular weight is 278 g/mol. The van der Waals surface area contributed by atoms with E-state index in [1.807, 2.05) is 24.3 Å². The second-order valence-electron chi connectivity index (χ2n) is 5.70. The largest absolute Gasteiger partial charge is 0.497 e. The molecule has 0 heterocycles. The van der Waals surface area contributed by atoms with Gasteiger partial charge in [-0.3, -0.25) is 0 Å². The minimum Gasteiger partial charge on any atom is -0.497 e. The number of aliphatic hydroxyl groups excluding tert-OH is 1. The Hall–Kier alpha value is -1.06. The van der Waals surface area contributed by atoms with Crippen LogP contribution in [0.2, 0.25) is 0 Å². The quantitative estimate of drug-likeness (QED) is 0.829. The molecule has 1 aliphatic rings. The van der Waals surface area contributed by atoms with Gasteiger partial charge in [0.1, 0.15) is 5.75 Å². The fourth-order valence-corrected chi connectivity index (χ4v) is 2.93. The highest BCUT2D eigenvalue weighted by atomic mass is 16.5. The molecule has 112 valence electrons. The third kappa shape index (κ3) is 4.80. The lowest BCUT2D eigenvalue weighted by Gasteiger charge is -2.25. The van der Waals surface area contributed by atoms with Crippen LogP contribution in [0.3, 0.4) is 0 Å². The standard InChI is InChI=1S/C17H26O3/c1-19-16-9-7-15(8-10-16)13-20-17(12-18)11-14-5-3-2-4-6-14/h7-10,14,17-18H,2-6,11-13H2,1H3/t17-/m0/s1. The van der Waals surface area contributed by atoms with Crippen molar-refractivity contribution in [3.8, 4) is 5.75 Å². The van der Waals surface area contributed by atoms with Crippen LogP contribution < -0.4 is 4.74 Å². The lowest BCUT2D eigenvalue weighted by Crippen LogP contribution is -2.22. The Balaban J connectivity index is 1.77. The SMILES string of the molecule is COc1ccc(CO[C@H](CO)CC2CCCCC2)cc1. The molecular formula is C17H26O3. The van der Waals surface area contributed by atoms with Crippen LogP contribution >= 0.6 is 0 Å². The number of hydrogen-bond acceptors (Lipinski definition) is 3. The van der Waals surface area contributed by atoms with Crippen LogP contribution in [0.4, 0.5) is 0 Å². The van der Waals surface area contributed by atoms with Crippen LogP contribution in [0.1, 0.15) is 44.1 Å². The van der Waals surface area contributed by atoms with Crippen LogP contribution in [0.15, 0.2) is 24.3 Å². The van der Waals surface area contributed by atoms with Gasteiger partial charge < -0.3 is 14.6 Å². The second-order valence-corrected chi connectivity index (χ2v) is 5.70. The maximum absolute atomic E-state index is 9.47. The van der Waals surface area contributed by atoms with E-state index in [1.165, 1.54) is 32.1 Å². The average Bonchev–Trinajstić information content (AvgIpc) is 2.53. The maximum Gasteiger partial charge on any atom is 0.118 e. The molecule has 1 aromatic rings. The lowest BCUT2D eigenvalue weighted by molar-refractivity contribution is -0.0142. The third-order valence-electron chi connectivity index (χ3n) is 4.17. The van der Waals surface area contributed by atoms with Gasteiger partial charge in [-0.15, -0.1) is 0 Å². The number of methoxy groups -OCH3 is 1. The van der Waals surface area contributed by atoms with Gasteiger partial charge >= 0.3 is 0 Å². The molecule has 3 nitrogen and oxygen atoms in total. The molecule has 1 saturated carbocycles. The third-order valence-corrected chi connectivity index (χ3v) is 4.17. The summed E-state index contributed by atoms with van der Waals surface area (Å²) in [5.74, 6) is 1.59. The van der Waals surface area contributed by atoms with Crippen molar-refractivity contribution in [1.82, 2.24) is 0 Å². The normalized spacial score (nSPS) is 17.9. The van der Waals surface area contributed by atoms with Crippen molar-refractivity contribution >= 4 is 0 Å². The van der Waals surface area contributed by atoms with Gasteiger partial charge in [0.05, 0.1) is 26.4 Å². The van der Waals surface area contributed by atoms with Crippen molar-refractivity contribution in [2.24, 2.45) is 5.92 Å². The molecule has 1 aliphatic carbocycles. The zero-order valence-electron chi connectivity index (χ0n) is 12.4. The highest BCUT2D eigenvalue weighted by molar-refractivity contribution is 5.26. The minimum absolute atomic E-state index is 0.0276. The van der Waals surface area contributed by atoms with Crippen molar-refractivity contribution in [1.29, 1.82) is 0 Å². The van der Waals surface area contributed by atoms with Crippen molar-refractivity contribution in [2.45, 2.75) is 51.2 Å². The predicted octanol–water partition coefficient (Wildman–Crippen LogP) is 3.54. The van der Waals surface area contributed by atoms with Crippen molar-refractivity contribution in [3.05, 3.63) is 29.8 Å². The first kappa shape index (κ1) is 15.3. The maximum atomic E-state index is 9.47. The van der Waals surface area contributed by atoms with E-state index in [0.29, 0.717) is 6.61 Å². The van der Waals surface area contributed by atoms with Crippen LogP contribution in [-0.4, -0.2) is 24.9 Å². The van der Waals surface area contributed by atoms with E-state index in [4.69, 9.17) is 9.47 Å². The number of ether oxygens (including phenoxy) is 2. The number of aliphatic hydroxyl groups is 1. The Bertz CT molecular complexity index is 368. The summed E-state index contributed by atoms with van der Waals surface area (Å²) < 4.78 is 11.0. The molecule has 3 heteroatoms. The first-order chi connectivity index (χ1) is 9.81. The van der Waals surface area contributed by atoms with Gasteiger partial charge in [0.2, 0.25) is 0 Å². The van der Waals surface area contributed by atoms with Crippen LogP contribution in [0.25, 0.3) is 0 Å². The van der Waals surface area contributed by atoms with E-state index in [0.717, 1.165) is 23.7 Å². The van der Waals surface area contributed by atoms with E-state index in [-0.39, 0.29) is 12.7 Å². The van der Waals surface area contributed by atoms with E-state index in [9.17, 15) is 5.11 Å². The van der Waals surface area contributed by atoms with Crippen LogP contribution in [0, 0.1) is 5.92 Å². The molecule has 20 heavy (non-hydrogen) atoms. The Kier molecular flexibility index (Phi) is 6.34. The summed E-state index contributed by atoms with van der Waals surface area (Å²) in [5, 5.41) is 9.47. The molecule has 0 saturated heterocycles. The zero-order chi connectivity index (χ0) is 14.2. The molecule has 1 fully saturated rings. The number of benzene rings is 1. The minimum atomic E-state index is -0.0276. The molecular weight excluding hydrogens is 252 g/mol. The lowest BCUT2D eigenvalue weighted by atomic mass is 9.85. The van der Waals surface area contributed by atoms with E-state index in [1.54, 1.807) is 7.11 Å². The number of rotatable bonds is 7. The summed E-state index contributed by atoms with van der Waals surface area (Å²) in [6.07, 6.45) is 7.59.